The van der Waals surface area contributed by atoms with Crippen LogP contribution in [0.1, 0.15) is 33.6 Å². The van der Waals surface area contributed by atoms with Gasteiger partial charge in [0.1, 0.15) is 0 Å². The lowest BCUT2D eigenvalue weighted by Gasteiger charge is -2.28. The molecule has 114 valence electrons. The van der Waals surface area contributed by atoms with Gasteiger partial charge in [0.05, 0.1) is 24.5 Å². The van der Waals surface area contributed by atoms with E-state index in [9.17, 15) is 14.7 Å². The van der Waals surface area contributed by atoms with Crippen molar-refractivity contribution in [3.8, 4) is 0 Å². The Hall–Kier alpha value is -1.36. The average molecular weight is 283 g/mol. The van der Waals surface area contributed by atoms with Gasteiger partial charge in [-0.05, 0) is 25.7 Å². The van der Waals surface area contributed by atoms with E-state index in [0.717, 1.165) is 0 Å². The van der Waals surface area contributed by atoms with Crippen LogP contribution in [0.25, 0.3) is 0 Å². The van der Waals surface area contributed by atoms with Crippen LogP contribution in [0.15, 0.2) is 12.2 Å². The monoisotopic (exact) mass is 283 g/mol. The highest BCUT2D eigenvalue weighted by Gasteiger charge is 2.34. The van der Waals surface area contributed by atoms with Crippen molar-refractivity contribution < 1.29 is 19.4 Å². The number of ether oxygens (including phenoxy) is 1. The molecule has 3 unspecified atom stereocenters. The van der Waals surface area contributed by atoms with E-state index in [-0.39, 0.29) is 17.9 Å². The van der Waals surface area contributed by atoms with E-state index in [0.29, 0.717) is 26.1 Å². The van der Waals surface area contributed by atoms with Gasteiger partial charge in [0, 0.05) is 6.61 Å². The molecular weight excluding hydrogens is 258 g/mol. The number of carbonyl (C=O) groups is 2. The molecule has 0 aliphatic heterocycles. The van der Waals surface area contributed by atoms with Crippen molar-refractivity contribution in [2.75, 3.05) is 13.2 Å². The first-order valence-electron chi connectivity index (χ1n) is 7.23. The maximum Gasteiger partial charge on any atom is 0.307 e. The van der Waals surface area contributed by atoms with Crippen LogP contribution in [0.2, 0.25) is 0 Å². The number of hydrogen-bond donors (Lipinski definition) is 2. The molecule has 3 atom stereocenters. The Kier molecular flexibility index (Phi) is 6.71. The number of carbonyl (C=O) groups excluding carboxylic acids is 1. The Morgan fingerprint density at radius 2 is 1.90 bits per heavy atom. The lowest BCUT2D eigenvalue weighted by molar-refractivity contribution is -0.147. The second kappa shape index (κ2) is 8.04. The summed E-state index contributed by atoms with van der Waals surface area (Å²) in [5, 5.41) is 12.1. The molecule has 5 heteroatoms. The Morgan fingerprint density at radius 3 is 2.40 bits per heavy atom. The van der Waals surface area contributed by atoms with Crippen LogP contribution in [0.4, 0.5) is 0 Å². The summed E-state index contributed by atoms with van der Waals surface area (Å²) in [5.74, 6) is -1.95. The number of aliphatic carboxylic acids is 1. The summed E-state index contributed by atoms with van der Waals surface area (Å²) in [6.45, 7) is 6.99. The van der Waals surface area contributed by atoms with Gasteiger partial charge in [0.25, 0.3) is 0 Å². The zero-order chi connectivity index (χ0) is 15.1. The summed E-state index contributed by atoms with van der Waals surface area (Å²) in [4.78, 5) is 23.5. The number of hydrogen-bond acceptors (Lipinski definition) is 3. The fourth-order valence-electron chi connectivity index (χ4n) is 2.31. The molecule has 0 aromatic rings. The summed E-state index contributed by atoms with van der Waals surface area (Å²) >= 11 is 0. The number of nitrogens with one attached hydrogen (secondary N) is 1. The van der Waals surface area contributed by atoms with Gasteiger partial charge in [0.15, 0.2) is 0 Å². The predicted octanol–water partition coefficient (Wildman–Crippen LogP) is 1.83. The third-order valence-corrected chi connectivity index (χ3v) is 3.72. The lowest BCUT2D eigenvalue weighted by Crippen LogP contribution is -2.47. The van der Waals surface area contributed by atoms with Crippen LogP contribution in [0, 0.1) is 17.8 Å². The van der Waals surface area contributed by atoms with Gasteiger partial charge >= 0.3 is 5.97 Å². The van der Waals surface area contributed by atoms with Gasteiger partial charge in [-0.1, -0.05) is 26.0 Å². The number of rotatable bonds is 7. The largest absolute Gasteiger partial charge is 0.481 e. The Bertz CT molecular complexity index is 365. The van der Waals surface area contributed by atoms with Crippen LogP contribution in [-0.2, 0) is 14.3 Å². The van der Waals surface area contributed by atoms with Gasteiger partial charge < -0.3 is 15.2 Å². The molecule has 0 aromatic heterocycles. The van der Waals surface area contributed by atoms with Crippen molar-refractivity contribution in [3.05, 3.63) is 12.2 Å². The zero-order valence-electron chi connectivity index (χ0n) is 12.5. The molecule has 0 fully saturated rings. The van der Waals surface area contributed by atoms with Crippen molar-refractivity contribution in [3.63, 3.8) is 0 Å². The smallest absolute Gasteiger partial charge is 0.307 e. The van der Waals surface area contributed by atoms with E-state index in [1.54, 1.807) is 0 Å². The van der Waals surface area contributed by atoms with Crippen LogP contribution in [-0.4, -0.2) is 36.2 Å². The van der Waals surface area contributed by atoms with Crippen LogP contribution in [0.5, 0.6) is 0 Å². The summed E-state index contributed by atoms with van der Waals surface area (Å²) in [5.41, 5.74) is 0. The third kappa shape index (κ3) is 4.63. The molecule has 1 aliphatic carbocycles. The highest BCUT2D eigenvalue weighted by molar-refractivity contribution is 5.85. The molecule has 0 radical (unpaired) electrons. The van der Waals surface area contributed by atoms with Crippen LogP contribution in [0.3, 0.4) is 0 Å². The highest BCUT2D eigenvalue weighted by atomic mass is 16.5. The van der Waals surface area contributed by atoms with E-state index >= 15 is 0 Å². The van der Waals surface area contributed by atoms with E-state index in [2.05, 4.69) is 5.32 Å². The van der Waals surface area contributed by atoms with E-state index in [4.69, 9.17) is 4.74 Å². The first-order valence-corrected chi connectivity index (χ1v) is 7.23. The second-order valence-electron chi connectivity index (χ2n) is 5.51. The van der Waals surface area contributed by atoms with Crippen LogP contribution < -0.4 is 5.32 Å². The quantitative estimate of drug-likeness (QED) is 0.699. The molecule has 0 spiro atoms. The minimum atomic E-state index is -0.902. The normalized spacial score (nSPS) is 23.6. The first-order chi connectivity index (χ1) is 9.47. The van der Waals surface area contributed by atoms with Crippen molar-refractivity contribution in [1.82, 2.24) is 5.32 Å². The molecule has 2 N–H and O–H groups in total. The minimum absolute atomic E-state index is 0.0807. The molecular formula is C15H25NO4. The summed E-state index contributed by atoms with van der Waals surface area (Å²) < 4.78 is 5.37. The molecule has 0 aromatic carbocycles. The highest BCUT2D eigenvalue weighted by Crippen LogP contribution is 2.26. The maximum atomic E-state index is 12.3. The predicted molar refractivity (Wildman–Crippen MR) is 76.3 cm³/mol. The molecule has 20 heavy (non-hydrogen) atoms. The molecule has 1 rings (SSSR count). The van der Waals surface area contributed by atoms with E-state index in [1.165, 1.54) is 0 Å². The Morgan fingerprint density at radius 1 is 1.30 bits per heavy atom. The molecule has 0 saturated carbocycles. The van der Waals surface area contributed by atoms with Gasteiger partial charge in [-0.25, -0.2) is 0 Å². The van der Waals surface area contributed by atoms with Crippen LogP contribution >= 0.6 is 0 Å². The number of carboxylic acids is 1. The Labute approximate surface area is 120 Å². The summed E-state index contributed by atoms with van der Waals surface area (Å²) in [6, 6.07) is -0.0807. The minimum Gasteiger partial charge on any atom is -0.481 e. The Balaban J connectivity index is 2.66. The van der Waals surface area contributed by atoms with Gasteiger partial charge in [-0.2, -0.15) is 0 Å². The molecule has 0 saturated heterocycles. The maximum absolute atomic E-state index is 12.3. The standard InChI is InChI=1S/C15H25NO4/c1-4-20-9-13(10(2)3)16-14(17)11-7-5-6-8-12(11)15(18)19/h5-6,10-13H,4,7-9H2,1-3H3,(H,16,17)(H,18,19). The summed E-state index contributed by atoms with van der Waals surface area (Å²) in [7, 11) is 0. The molecule has 1 aliphatic rings. The second-order valence-corrected chi connectivity index (χ2v) is 5.51. The molecule has 0 bridgehead atoms. The van der Waals surface area contributed by atoms with Crippen molar-refractivity contribution in [2.45, 2.75) is 39.7 Å². The zero-order valence-corrected chi connectivity index (χ0v) is 12.5. The van der Waals surface area contributed by atoms with Crippen molar-refractivity contribution >= 4 is 11.9 Å². The van der Waals surface area contributed by atoms with Gasteiger partial charge in [0.2, 0.25) is 5.91 Å². The number of allylic oxidation sites excluding steroid dienone is 2. The molecule has 1 amide bonds. The topological polar surface area (TPSA) is 75.6 Å². The molecule has 5 nitrogen and oxygen atoms in total. The van der Waals surface area contributed by atoms with Crippen molar-refractivity contribution in [2.24, 2.45) is 17.8 Å². The fourth-order valence-corrected chi connectivity index (χ4v) is 2.31. The van der Waals surface area contributed by atoms with Gasteiger partial charge in [-0.3, -0.25) is 9.59 Å². The average Bonchev–Trinajstić information content (AvgIpc) is 2.42. The number of amides is 1. The van der Waals surface area contributed by atoms with E-state index in [1.807, 2.05) is 32.9 Å². The summed E-state index contributed by atoms with van der Waals surface area (Å²) in [6.07, 6.45) is 4.63. The van der Waals surface area contributed by atoms with Crippen molar-refractivity contribution in [1.29, 1.82) is 0 Å². The number of carboxylic acid groups (broad SMARTS) is 1. The lowest BCUT2D eigenvalue weighted by atomic mass is 9.82. The fraction of sp³-hybridized carbons (Fsp3) is 0.733. The SMILES string of the molecule is CCOCC(NC(=O)C1CC=CCC1C(=O)O)C(C)C. The van der Waals surface area contributed by atoms with Gasteiger partial charge in [-0.15, -0.1) is 0 Å². The van der Waals surface area contributed by atoms with E-state index < -0.39 is 17.8 Å². The third-order valence-electron chi connectivity index (χ3n) is 3.72. The molecule has 0 heterocycles. The first kappa shape index (κ1) is 16.7.